The number of benzene rings is 2. The van der Waals surface area contributed by atoms with Gasteiger partial charge in [0, 0.05) is 24.8 Å². The highest BCUT2D eigenvalue weighted by Crippen LogP contribution is 2.44. The first-order valence-corrected chi connectivity index (χ1v) is 13.3. The fourth-order valence-corrected chi connectivity index (χ4v) is 5.33. The molecule has 0 saturated carbocycles. The number of likely N-dealkylation sites (tertiary alicyclic amines) is 1. The van der Waals surface area contributed by atoms with Gasteiger partial charge >= 0.3 is 6.09 Å². The second-order valence-electron chi connectivity index (χ2n) is 11.7. The van der Waals surface area contributed by atoms with Crippen molar-refractivity contribution in [2.45, 2.75) is 83.4 Å². The van der Waals surface area contributed by atoms with Crippen LogP contribution in [0.5, 0.6) is 0 Å². The van der Waals surface area contributed by atoms with Crippen molar-refractivity contribution in [2.75, 3.05) is 18.0 Å². The van der Waals surface area contributed by atoms with Gasteiger partial charge in [-0.05, 0) is 89.6 Å². The smallest absolute Gasteiger partial charge is 0.408 e. The van der Waals surface area contributed by atoms with Gasteiger partial charge in [-0.1, -0.05) is 30.3 Å². The van der Waals surface area contributed by atoms with Crippen LogP contribution in [0.3, 0.4) is 0 Å². The summed E-state index contributed by atoms with van der Waals surface area (Å²) in [6.45, 7) is 9.92. The number of rotatable bonds is 6. The van der Waals surface area contributed by atoms with Crippen molar-refractivity contribution >= 4 is 23.6 Å². The van der Waals surface area contributed by atoms with Crippen LogP contribution >= 0.6 is 0 Å². The Labute approximate surface area is 224 Å². The predicted molar refractivity (Wildman–Crippen MR) is 144 cm³/mol. The monoisotopic (exact) mass is 523 g/mol. The highest BCUT2D eigenvalue weighted by atomic mass is 19.1. The summed E-state index contributed by atoms with van der Waals surface area (Å²) in [5, 5.41) is 2.79. The predicted octanol–water partition coefficient (Wildman–Crippen LogP) is 4.97. The van der Waals surface area contributed by atoms with Crippen molar-refractivity contribution < 1.29 is 23.5 Å². The van der Waals surface area contributed by atoms with Gasteiger partial charge < -0.3 is 19.9 Å². The van der Waals surface area contributed by atoms with Gasteiger partial charge in [0.05, 0.1) is 5.41 Å². The van der Waals surface area contributed by atoms with Crippen molar-refractivity contribution in [3.8, 4) is 0 Å². The Morgan fingerprint density at radius 3 is 2.39 bits per heavy atom. The summed E-state index contributed by atoms with van der Waals surface area (Å²) in [5.74, 6) is -0.554. The molecule has 0 aromatic heterocycles. The Kier molecular flexibility index (Phi) is 7.81. The van der Waals surface area contributed by atoms with Crippen molar-refractivity contribution in [2.24, 2.45) is 0 Å². The minimum Gasteiger partial charge on any atom is -0.444 e. The molecule has 0 unspecified atom stereocenters. The number of carbonyl (C=O) groups is 3. The number of alkyl carbamates (subject to hydrolysis) is 1. The van der Waals surface area contributed by atoms with Gasteiger partial charge in [-0.3, -0.25) is 9.59 Å². The van der Waals surface area contributed by atoms with E-state index in [1.54, 1.807) is 36.6 Å². The average molecular weight is 524 g/mol. The molecular weight excluding hydrogens is 485 g/mol. The van der Waals surface area contributed by atoms with Crippen LogP contribution < -0.4 is 10.2 Å². The summed E-state index contributed by atoms with van der Waals surface area (Å²) in [5.41, 5.74) is 1.05. The number of anilines is 1. The zero-order valence-electron chi connectivity index (χ0n) is 22.9. The fourth-order valence-electron chi connectivity index (χ4n) is 5.33. The third-order valence-corrected chi connectivity index (χ3v) is 7.34. The molecule has 0 radical (unpaired) electrons. The Bertz CT molecular complexity index is 1180. The maximum absolute atomic E-state index is 14.0. The van der Waals surface area contributed by atoms with Gasteiger partial charge in [0.15, 0.2) is 0 Å². The SMILES string of the molecule is CC(C)(C)OC(=O)N[C@@H](CCc1ccccc1)C(=O)N1CCC(N2C(=O)C(C)(C)c3cc(F)ccc32)CC1. The molecule has 0 spiro atoms. The van der Waals surface area contributed by atoms with Crippen molar-refractivity contribution in [1.82, 2.24) is 10.2 Å². The molecule has 1 atom stereocenters. The summed E-state index contributed by atoms with van der Waals surface area (Å²) < 4.78 is 19.4. The molecule has 4 rings (SSSR count). The Hall–Kier alpha value is -3.42. The number of hydrogen-bond donors (Lipinski definition) is 1. The quantitative estimate of drug-likeness (QED) is 0.580. The van der Waals surface area contributed by atoms with Crippen LogP contribution in [0.4, 0.5) is 14.9 Å². The van der Waals surface area contributed by atoms with Gasteiger partial charge in [-0.15, -0.1) is 0 Å². The first-order chi connectivity index (χ1) is 17.9. The van der Waals surface area contributed by atoms with E-state index in [1.807, 2.05) is 44.2 Å². The molecule has 7 nitrogen and oxygen atoms in total. The fraction of sp³-hybridized carbons (Fsp3) is 0.500. The highest BCUT2D eigenvalue weighted by molar-refractivity contribution is 6.08. The molecule has 1 saturated heterocycles. The summed E-state index contributed by atoms with van der Waals surface area (Å²) in [6.07, 6.45) is 1.66. The minimum atomic E-state index is -0.801. The lowest BCUT2D eigenvalue weighted by Crippen LogP contribution is -2.54. The molecule has 0 bridgehead atoms. The second-order valence-corrected chi connectivity index (χ2v) is 11.7. The summed E-state index contributed by atoms with van der Waals surface area (Å²) >= 11 is 0. The molecule has 8 heteroatoms. The standard InChI is InChI=1S/C30H38FN3O4/c1-29(2,3)38-28(37)32-24(13-11-20-9-7-6-8-10-20)26(35)33-17-15-22(16-18-33)34-25-14-12-21(31)19-23(25)30(4,5)27(34)36/h6-10,12,14,19,22,24H,11,13,15-18H2,1-5H3,(H,32,37)/t24-/m0/s1. The second kappa shape index (κ2) is 10.8. The highest BCUT2D eigenvalue weighted by Gasteiger charge is 2.47. The summed E-state index contributed by atoms with van der Waals surface area (Å²) in [6, 6.07) is 13.5. The van der Waals surface area contributed by atoms with E-state index in [0.717, 1.165) is 11.3 Å². The molecule has 38 heavy (non-hydrogen) atoms. The van der Waals surface area contributed by atoms with E-state index in [-0.39, 0.29) is 23.7 Å². The van der Waals surface area contributed by atoms with Gasteiger partial charge in [0.25, 0.3) is 0 Å². The molecule has 2 heterocycles. The largest absolute Gasteiger partial charge is 0.444 e. The lowest BCUT2D eigenvalue weighted by Gasteiger charge is -2.38. The average Bonchev–Trinajstić information content (AvgIpc) is 3.06. The maximum Gasteiger partial charge on any atom is 0.408 e. The van der Waals surface area contributed by atoms with Crippen LogP contribution in [-0.4, -0.2) is 53.6 Å². The van der Waals surface area contributed by atoms with Crippen LogP contribution in [0.25, 0.3) is 0 Å². The first-order valence-electron chi connectivity index (χ1n) is 13.3. The van der Waals surface area contributed by atoms with E-state index in [9.17, 15) is 18.8 Å². The van der Waals surface area contributed by atoms with E-state index in [0.29, 0.717) is 44.3 Å². The number of piperidine rings is 1. The van der Waals surface area contributed by atoms with Crippen LogP contribution in [0.2, 0.25) is 0 Å². The molecular formula is C30H38FN3O4. The van der Waals surface area contributed by atoms with Crippen molar-refractivity contribution in [1.29, 1.82) is 0 Å². The zero-order valence-corrected chi connectivity index (χ0v) is 22.9. The molecule has 2 aliphatic heterocycles. The van der Waals surface area contributed by atoms with Crippen LogP contribution in [0.15, 0.2) is 48.5 Å². The van der Waals surface area contributed by atoms with Crippen molar-refractivity contribution in [3.05, 3.63) is 65.5 Å². The first kappa shape index (κ1) is 27.6. The molecule has 1 fully saturated rings. The maximum atomic E-state index is 14.0. The lowest BCUT2D eigenvalue weighted by atomic mass is 9.86. The normalized spacial score (nSPS) is 18.2. The minimum absolute atomic E-state index is 0.0461. The van der Waals surface area contributed by atoms with E-state index in [4.69, 9.17) is 4.74 Å². The molecule has 3 amide bonds. The number of nitrogens with one attached hydrogen (secondary N) is 1. The Balaban J connectivity index is 1.44. The van der Waals surface area contributed by atoms with Gasteiger partial charge in [0.1, 0.15) is 17.5 Å². The summed E-state index contributed by atoms with van der Waals surface area (Å²) in [4.78, 5) is 43.0. The molecule has 2 aromatic rings. The number of halogens is 1. The molecule has 0 aliphatic carbocycles. The topological polar surface area (TPSA) is 79.0 Å². The molecule has 2 aliphatic rings. The number of nitrogens with zero attached hydrogens (tertiary/aromatic N) is 2. The summed E-state index contributed by atoms with van der Waals surface area (Å²) in [7, 11) is 0. The van der Waals surface area contributed by atoms with Gasteiger partial charge in [0.2, 0.25) is 11.8 Å². The van der Waals surface area contributed by atoms with E-state index in [1.165, 1.54) is 12.1 Å². The zero-order chi connectivity index (χ0) is 27.7. The van der Waals surface area contributed by atoms with Gasteiger partial charge in [-0.2, -0.15) is 0 Å². The number of carbonyl (C=O) groups excluding carboxylic acids is 3. The number of ether oxygens (including phenoxy) is 1. The van der Waals surface area contributed by atoms with E-state index >= 15 is 0 Å². The lowest BCUT2D eigenvalue weighted by molar-refractivity contribution is -0.134. The number of fused-ring (bicyclic) bond motifs is 1. The Morgan fingerprint density at radius 1 is 1.11 bits per heavy atom. The van der Waals surface area contributed by atoms with Crippen LogP contribution in [0.1, 0.15) is 65.0 Å². The number of aryl methyl sites for hydroxylation is 1. The molecule has 204 valence electrons. The Morgan fingerprint density at radius 2 is 1.76 bits per heavy atom. The number of amides is 3. The van der Waals surface area contributed by atoms with E-state index in [2.05, 4.69) is 5.32 Å². The van der Waals surface area contributed by atoms with E-state index < -0.39 is 23.2 Å². The van der Waals surface area contributed by atoms with Gasteiger partial charge in [-0.25, -0.2) is 9.18 Å². The van der Waals surface area contributed by atoms with Crippen LogP contribution in [0, 0.1) is 5.82 Å². The van der Waals surface area contributed by atoms with Crippen LogP contribution in [-0.2, 0) is 26.2 Å². The number of hydrogen-bond acceptors (Lipinski definition) is 4. The third-order valence-electron chi connectivity index (χ3n) is 7.34. The third kappa shape index (κ3) is 6.00. The molecule has 1 N–H and O–H groups in total. The molecule has 2 aromatic carbocycles. The van der Waals surface area contributed by atoms with Crippen molar-refractivity contribution in [3.63, 3.8) is 0 Å².